The molecule has 2 rings (SSSR count). The molecule has 0 radical (unpaired) electrons. The third kappa shape index (κ3) is 5.92. The summed E-state index contributed by atoms with van der Waals surface area (Å²) in [7, 11) is 0. The van der Waals surface area contributed by atoms with Crippen LogP contribution in [0, 0.1) is 0 Å². The fraction of sp³-hybridized carbons (Fsp3) is 0.333. The Morgan fingerprint density at radius 3 is 2.54 bits per heavy atom. The van der Waals surface area contributed by atoms with Gasteiger partial charge >= 0.3 is 5.97 Å². The topological polar surface area (TPSA) is 59.8 Å². The molecule has 0 saturated heterocycles. The molecule has 26 heavy (non-hydrogen) atoms. The molecule has 0 aliphatic carbocycles. The number of likely N-dealkylation sites (N-methyl/N-ethyl adjacent to an activating group) is 1. The van der Waals surface area contributed by atoms with Gasteiger partial charge in [-0.3, -0.25) is 9.59 Å². The first-order valence-electron chi connectivity index (χ1n) is 8.71. The van der Waals surface area contributed by atoms with Crippen molar-refractivity contribution in [1.82, 2.24) is 4.90 Å². The first-order valence-corrected chi connectivity index (χ1v) is 8.71. The van der Waals surface area contributed by atoms with Crippen LogP contribution in [-0.2, 0) is 20.7 Å². The molecular weight excluding hydrogens is 330 g/mol. The number of ether oxygens (including phenoxy) is 1. The molecule has 0 unspecified atom stereocenters. The van der Waals surface area contributed by atoms with E-state index in [1.165, 1.54) is 0 Å². The van der Waals surface area contributed by atoms with Crippen LogP contribution in [0.2, 0.25) is 0 Å². The minimum absolute atomic E-state index is 0.168. The minimum atomic E-state index is -0.414. The van der Waals surface area contributed by atoms with Gasteiger partial charge in [-0.15, -0.1) is 0 Å². The molecule has 1 heterocycles. The predicted octanol–water partition coefficient (Wildman–Crippen LogP) is 3.85. The van der Waals surface area contributed by atoms with Gasteiger partial charge in [0.05, 0.1) is 6.42 Å². The highest BCUT2D eigenvalue weighted by Crippen LogP contribution is 2.22. The van der Waals surface area contributed by atoms with E-state index in [0.717, 1.165) is 16.9 Å². The molecule has 1 aromatic carbocycles. The molecule has 0 spiro atoms. The Morgan fingerprint density at radius 2 is 1.88 bits per heavy atom. The molecule has 1 aromatic heterocycles. The van der Waals surface area contributed by atoms with Gasteiger partial charge in [0.25, 0.3) is 5.91 Å². The van der Waals surface area contributed by atoms with Crippen molar-refractivity contribution in [1.29, 1.82) is 0 Å². The number of nitrogens with zero attached hydrogens (tertiary/aromatic N) is 1. The maximum absolute atomic E-state index is 12.0. The number of esters is 1. The molecule has 0 aliphatic rings. The van der Waals surface area contributed by atoms with E-state index in [1.54, 1.807) is 4.90 Å². The summed E-state index contributed by atoms with van der Waals surface area (Å²) in [5.74, 6) is 0.850. The fourth-order valence-corrected chi connectivity index (χ4v) is 2.50. The molecule has 0 aliphatic heterocycles. The van der Waals surface area contributed by atoms with Gasteiger partial charge < -0.3 is 14.1 Å². The van der Waals surface area contributed by atoms with E-state index in [2.05, 4.69) is 6.58 Å². The number of carbonyl (C=O) groups excluding carboxylic acids is 2. The normalized spacial score (nSPS) is 10.4. The van der Waals surface area contributed by atoms with Gasteiger partial charge in [-0.05, 0) is 26.0 Å². The highest BCUT2D eigenvalue weighted by molar-refractivity contribution is 5.80. The van der Waals surface area contributed by atoms with Crippen molar-refractivity contribution in [3.63, 3.8) is 0 Å². The molecule has 5 nitrogen and oxygen atoms in total. The molecular formula is C21H25NO4. The van der Waals surface area contributed by atoms with Crippen molar-refractivity contribution < 1.29 is 18.7 Å². The van der Waals surface area contributed by atoms with E-state index >= 15 is 0 Å². The number of carbonyl (C=O) groups is 2. The van der Waals surface area contributed by atoms with Crippen molar-refractivity contribution in [2.45, 2.75) is 26.7 Å². The molecule has 0 fully saturated rings. The lowest BCUT2D eigenvalue weighted by molar-refractivity contribution is -0.151. The minimum Gasteiger partial charge on any atom is -0.461 e. The molecule has 0 bridgehead atoms. The number of furan rings is 1. The van der Waals surface area contributed by atoms with Crippen LogP contribution in [0.15, 0.2) is 59.0 Å². The van der Waals surface area contributed by atoms with Gasteiger partial charge in [0.1, 0.15) is 11.5 Å². The molecule has 0 saturated carbocycles. The summed E-state index contributed by atoms with van der Waals surface area (Å²) in [5.41, 5.74) is 1.88. The lowest BCUT2D eigenvalue weighted by atomic mass is 10.2. The molecule has 0 atom stereocenters. The number of hydrogen-bond acceptors (Lipinski definition) is 4. The predicted molar refractivity (Wildman–Crippen MR) is 100 cm³/mol. The van der Waals surface area contributed by atoms with Gasteiger partial charge in [-0.25, -0.2) is 0 Å². The fourth-order valence-electron chi connectivity index (χ4n) is 2.50. The Morgan fingerprint density at radius 1 is 1.15 bits per heavy atom. The summed E-state index contributed by atoms with van der Waals surface area (Å²) >= 11 is 0. The van der Waals surface area contributed by atoms with Crippen LogP contribution in [0.5, 0.6) is 0 Å². The first kappa shape index (κ1) is 19.5. The van der Waals surface area contributed by atoms with E-state index < -0.39 is 5.97 Å². The van der Waals surface area contributed by atoms with E-state index in [1.807, 2.05) is 56.3 Å². The summed E-state index contributed by atoms with van der Waals surface area (Å²) in [4.78, 5) is 25.5. The number of rotatable bonds is 9. The monoisotopic (exact) mass is 355 g/mol. The average molecular weight is 355 g/mol. The molecule has 2 aromatic rings. The van der Waals surface area contributed by atoms with Crippen molar-refractivity contribution in [3.8, 4) is 11.3 Å². The van der Waals surface area contributed by atoms with Gasteiger partial charge in [-0.1, -0.05) is 42.5 Å². The number of amides is 1. The highest BCUT2D eigenvalue weighted by Gasteiger charge is 2.15. The Balaban J connectivity index is 1.78. The average Bonchev–Trinajstić information content (AvgIpc) is 3.12. The lowest BCUT2D eigenvalue weighted by Crippen LogP contribution is -2.35. The largest absolute Gasteiger partial charge is 0.461 e. The molecule has 5 heteroatoms. The van der Waals surface area contributed by atoms with E-state index in [0.29, 0.717) is 25.3 Å². The summed E-state index contributed by atoms with van der Waals surface area (Å²) in [6.07, 6.45) is 0.602. The standard InChI is InChI=1S/C21H25NO4/c1-4-22(14-16(2)3)20(23)15-25-21(24)13-11-18-10-12-19(26-18)17-8-6-5-7-9-17/h5-10,12H,2,4,11,13-15H2,1,3H3. The third-order valence-electron chi connectivity index (χ3n) is 3.85. The zero-order chi connectivity index (χ0) is 18.9. The van der Waals surface area contributed by atoms with Crippen LogP contribution < -0.4 is 0 Å². The van der Waals surface area contributed by atoms with Crippen molar-refractivity contribution in [2.75, 3.05) is 19.7 Å². The summed E-state index contributed by atoms with van der Waals surface area (Å²) in [6.45, 7) is 8.31. The zero-order valence-electron chi connectivity index (χ0n) is 15.4. The summed E-state index contributed by atoms with van der Waals surface area (Å²) < 4.78 is 10.8. The SMILES string of the molecule is C=C(C)CN(CC)C(=O)COC(=O)CCc1ccc(-c2ccccc2)o1. The Kier molecular flexibility index (Phi) is 7.21. The molecule has 1 amide bonds. The van der Waals surface area contributed by atoms with Crippen LogP contribution in [-0.4, -0.2) is 36.5 Å². The lowest BCUT2D eigenvalue weighted by Gasteiger charge is -2.20. The summed E-state index contributed by atoms with van der Waals surface area (Å²) in [5, 5.41) is 0. The smallest absolute Gasteiger partial charge is 0.306 e. The van der Waals surface area contributed by atoms with Gasteiger partial charge in [0.2, 0.25) is 0 Å². The van der Waals surface area contributed by atoms with Crippen molar-refractivity contribution >= 4 is 11.9 Å². The number of hydrogen-bond donors (Lipinski definition) is 0. The van der Waals surface area contributed by atoms with Crippen molar-refractivity contribution in [3.05, 3.63) is 60.4 Å². The van der Waals surface area contributed by atoms with Gasteiger partial charge in [0, 0.05) is 25.1 Å². The maximum Gasteiger partial charge on any atom is 0.306 e. The van der Waals surface area contributed by atoms with Crippen LogP contribution >= 0.6 is 0 Å². The van der Waals surface area contributed by atoms with Crippen LogP contribution in [0.25, 0.3) is 11.3 Å². The Bertz CT molecular complexity index is 748. The third-order valence-corrected chi connectivity index (χ3v) is 3.85. The van der Waals surface area contributed by atoms with Gasteiger partial charge in [-0.2, -0.15) is 0 Å². The quantitative estimate of drug-likeness (QED) is 0.506. The van der Waals surface area contributed by atoms with E-state index in [-0.39, 0.29) is 18.9 Å². The highest BCUT2D eigenvalue weighted by atomic mass is 16.5. The second kappa shape index (κ2) is 9.61. The van der Waals surface area contributed by atoms with Crippen molar-refractivity contribution in [2.24, 2.45) is 0 Å². The van der Waals surface area contributed by atoms with Crippen LogP contribution in [0.4, 0.5) is 0 Å². The molecule has 138 valence electrons. The second-order valence-electron chi connectivity index (χ2n) is 6.16. The Hall–Kier alpha value is -2.82. The molecule has 0 N–H and O–H groups in total. The maximum atomic E-state index is 12.0. The summed E-state index contributed by atoms with van der Waals surface area (Å²) in [6, 6.07) is 13.5. The number of benzene rings is 1. The number of aryl methyl sites for hydroxylation is 1. The first-order chi connectivity index (χ1) is 12.5. The van der Waals surface area contributed by atoms with E-state index in [9.17, 15) is 9.59 Å². The van der Waals surface area contributed by atoms with Gasteiger partial charge in [0.15, 0.2) is 6.61 Å². The van der Waals surface area contributed by atoms with Crippen LogP contribution in [0.1, 0.15) is 26.0 Å². The zero-order valence-corrected chi connectivity index (χ0v) is 15.4. The second-order valence-corrected chi connectivity index (χ2v) is 6.16. The van der Waals surface area contributed by atoms with E-state index in [4.69, 9.17) is 9.15 Å². The Labute approximate surface area is 154 Å². The van der Waals surface area contributed by atoms with Crippen LogP contribution in [0.3, 0.4) is 0 Å².